The van der Waals surface area contributed by atoms with Crippen molar-refractivity contribution in [2.24, 2.45) is 0 Å². The summed E-state index contributed by atoms with van der Waals surface area (Å²) in [5, 5.41) is 2.94. The van der Waals surface area contributed by atoms with Crippen LogP contribution in [-0.4, -0.2) is 32.2 Å². The topological polar surface area (TPSA) is 72.3 Å². The number of hydrogen-bond donors (Lipinski definition) is 1. The molecule has 0 saturated carbocycles. The highest BCUT2D eigenvalue weighted by Gasteiger charge is 2.17. The number of esters is 1. The van der Waals surface area contributed by atoms with Gasteiger partial charge in [0.1, 0.15) is 11.1 Å². The number of aromatic nitrogens is 4. The van der Waals surface area contributed by atoms with Crippen molar-refractivity contribution in [3.8, 4) is 0 Å². The molecule has 0 radical (unpaired) electrons. The number of H-pyrrole nitrogens is 1. The molecule has 0 atom stereocenters. The van der Waals surface area contributed by atoms with Crippen LogP contribution in [0.25, 0.3) is 16.8 Å². The number of ether oxygens (including phenoxy) is 1. The van der Waals surface area contributed by atoms with E-state index < -0.39 is 0 Å². The average Bonchev–Trinajstić information content (AvgIpc) is 2.87. The standard InChI is InChI=1S/C11H10N4O2/c1-2-17-11(16)7-6-13-15-9(7)14-8-4-3-5-12-10(8)15/h3-6,13H,2H2,1H3. The van der Waals surface area contributed by atoms with Gasteiger partial charge in [-0.3, -0.25) is 5.10 Å². The maximum Gasteiger partial charge on any atom is 0.343 e. The molecule has 0 amide bonds. The minimum Gasteiger partial charge on any atom is -0.462 e. The molecule has 0 aromatic carbocycles. The molecule has 6 nitrogen and oxygen atoms in total. The van der Waals surface area contributed by atoms with Crippen LogP contribution in [-0.2, 0) is 4.74 Å². The van der Waals surface area contributed by atoms with Gasteiger partial charge in [-0.15, -0.1) is 0 Å². The molecule has 0 aliphatic heterocycles. The van der Waals surface area contributed by atoms with E-state index in [0.29, 0.717) is 23.5 Å². The number of imidazole rings is 1. The fourth-order valence-corrected chi connectivity index (χ4v) is 1.77. The van der Waals surface area contributed by atoms with Crippen molar-refractivity contribution in [1.82, 2.24) is 19.6 Å². The molecule has 6 heteroatoms. The van der Waals surface area contributed by atoms with Gasteiger partial charge in [-0.1, -0.05) is 0 Å². The van der Waals surface area contributed by atoms with Crippen LogP contribution in [0.5, 0.6) is 0 Å². The van der Waals surface area contributed by atoms with Crippen LogP contribution in [0.3, 0.4) is 0 Å². The SMILES string of the molecule is CCOC(=O)c1c[nH]n2c1nc1cccnc12. The Hall–Kier alpha value is -2.37. The van der Waals surface area contributed by atoms with Crippen LogP contribution in [0.1, 0.15) is 17.3 Å². The summed E-state index contributed by atoms with van der Waals surface area (Å²) in [6.45, 7) is 2.11. The van der Waals surface area contributed by atoms with Crippen molar-refractivity contribution in [1.29, 1.82) is 0 Å². The lowest BCUT2D eigenvalue weighted by atomic mass is 10.3. The summed E-state index contributed by atoms with van der Waals surface area (Å²) in [5.41, 5.74) is 2.39. The molecule has 86 valence electrons. The summed E-state index contributed by atoms with van der Waals surface area (Å²) < 4.78 is 6.63. The lowest BCUT2D eigenvalue weighted by molar-refractivity contribution is 0.0528. The van der Waals surface area contributed by atoms with Gasteiger partial charge in [-0.2, -0.15) is 0 Å². The molecular formula is C11H10N4O2. The molecule has 0 fully saturated rings. The quantitative estimate of drug-likeness (QED) is 0.675. The minimum atomic E-state index is -0.381. The molecule has 0 aliphatic carbocycles. The first-order valence-electron chi connectivity index (χ1n) is 5.29. The van der Waals surface area contributed by atoms with E-state index in [1.54, 1.807) is 29.9 Å². The van der Waals surface area contributed by atoms with Gasteiger partial charge in [0.15, 0.2) is 11.3 Å². The second kappa shape index (κ2) is 3.58. The van der Waals surface area contributed by atoms with Crippen LogP contribution in [0, 0.1) is 0 Å². The molecule has 3 heterocycles. The molecule has 3 aromatic rings. The van der Waals surface area contributed by atoms with E-state index in [-0.39, 0.29) is 5.97 Å². The number of nitrogens with zero attached hydrogens (tertiary/aromatic N) is 3. The lowest BCUT2D eigenvalue weighted by Gasteiger charge is -1.96. The fraction of sp³-hybridized carbons (Fsp3) is 0.182. The third-order valence-corrected chi connectivity index (χ3v) is 2.49. The van der Waals surface area contributed by atoms with Gasteiger partial charge in [-0.05, 0) is 19.1 Å². The fourth-order valence-electron chi connectivity index (χ4n) is 1.77. The Morgan fingerprint density at radius 3 is 3.24 bits per heavy atom. The molecule has 17 heavy (non-hydrogen) atoms. The van der Waals surface area contributed by atoms with Crippen molar-refractivity contribution in [2.75, 3.05) is 6.61 Å². The van der Waals surface area contributed by atoms with Crippen molar-refractivity contribution in [3.63, 3.8) is 0 Å². The number of pyridine rings is 1. The molecule has 0 saturated heterocycles. The number of rotatable bonds is 2. The summed E-state index contributed by atoms with van der Waals surface area (Å²) in [6.07, 6.45) is 3.26. The zero-order chi connectivity index (χ0) is 11.8. The Morgan fingerprint density at radius 1 is 1.53 bits per heavy atom. The van der Waals surface area contributed by atoms with Gasteiger partial charge in [0.2, 0.25) is 0 Å². The van der Waals surface area contributed by atoms with Crippen molar-refractivity contribution < 1.29 is 9.53 Å². The number of nitrogens with one attached hydrogen (secondary N) is 1. The van der Waals surface area contributed by atoms with Crippen LogP contribution in [0.4, 0.5) is 0 Å². The van der Waals surface area contributed by atoms with Crippen molar-refractivity contribution in [2.45, 2.75) is 6.92 Å². The molecule has 0 aliphatic rings. The number of fused-ring (bicyclic) bond motifs is 3. The summed E-state index contributed by atoms with van der Waals surface area (Å²) in [5.74, 6) is -0.381. The van der Waals surface area contributed by atoms with E-state index in [4.69, 9.17) is 4.74 Å². The predicted molar refractivity (Wildman–Crippen MR) is 60.8 cm³/mol. The van der Waals surface area contributed by atoms with Gasteiger partial charge in [0.25, 0.3) is 0 Å². The predicted octanol–water partition coefficient (Wildman–Crippen LogP) is 1.39. The molecular weight excluding hydrogens is 220 g/mol. The van der Waals surface area contributed by atoms with E-state index in [1.807, 2.05) is 6.07 Å². The number of hydrogen-bond acceptors (Lipinski definition) is 4. The summed E-state index contributed by atoms with van der Waals surface area (Å²) in [6, 6.07) is 3.65. The Balaban J connectivity index is 2.24. The Labute approximate surface area is 96.2 Å². The zero-order valence-corrected chi connectivity index (χ0v) is 9.17. The second-order valence-corrected chi connectivity index (χ2v) is 3.52. The van der Waals surface area contributed by atoms with E-state index in [2.05, 4.69) is 15.1 Å². The molecule has 3 aromatic heterocycles. The highest BCUT2D eigenvalue weighted by atomic mass is 16.5. The minimum absolute atomic E-state index is 0.342. The van der Waals surface area contributed by atoms with E-state index in [1.165, 1.54) is 0 Å². The Kier molecular flexibility index (Phi) is 2.07. The highest BCUT2D eigenvalue weighted by Crippen LogP contribution is 2.17. The van der Waals surface area contributed by atoms with E-state index >= 15 is 0 Å². The lowest BCUT2D eigenvalue weighted by Crippen LogP contribution is -2.03. The van der Waals surface area contributed by atoms with Crippen LogP contribution in [0.15, 0.2) is 24.5 Å². The van der Waals surface area contributed by atoms with Gasteiger partial charge in [-0.25, -0.2) is 19.3 Å². The number of aromatic amines is 1. The van der Waals surface area contributed by atoms with Crippen LogP contribution in [0.2, 0.25) is 0 Å². The van der Waals surface area contributed by atoms with Crippen LogP contribution < -0.4 is 0 Å². The van der Waals surface area contributed by atoms with Crippen molar-refractivity contribution in [3.05, 3.63) is 30.1 Å². The van der Waals surface area contributed by atoms with Gasteiger partial charge < -0.3 is 4.74 Å². The van der Waals surface area contributed by atoms with Gasteiger partial charge >= 0.3 is 5.97 Å². The first-order valence-corrected chi connectivity index (χ1v) is 5.29. The maximum atomic E-state index is 11.7. The van der Waals surface area contributed by atoms with E-state index in [9.17, 15) is 4.79 Å². The summed E-state index contributed by atoms with van der Waals surface area (Å²) in [4.78, 5) is 20.2. The third kappa shape index (κ3) is 1.37. The number of carbonyl (C=O) groups excluding carboxylic acids is 1. The van der Waals surface area contributed by atoms with E-state index in [0.717, 1.165) is 5.52 Å². The zero-order valence-electron chi connectivity index (χ0n) is 9.17. The Morgan fingerprint density at radius 2 is 2.41 bits per heavy atom. The molecule has 0 spiro atoms. The first-order chi connectivity index (χ1) is 8.31. The Bertz CT molecular complexity index is 698. The smallest absolute Gasteiger partial charge is 0.343 e. The van der Waals surface area contributed by atoms with Gasteiger partial charge in [0, 0.05) is 12.4 Å². The molecule has 0 unspecified atom stereocenters. The summed E-state index contributed by atoms with van der Waals surface area (Å²) >= 11 is 0. The largest absolute Gasteiger partial charge is 0.462 e. The third-order valence-electron chi connectivity index (χ3n) is 2.49. The molecule has 1 N–H and O–H groups in total. The molecule has 3 rings (SSSR count). The first kappa shape index (κ1) is 9.83. The average molecular weight is 230 g/mol. The highest BCUT2D eigenvalue weighted by molar-refractivity contribution is 5.97. The second-order valence-electron chi connectivity index (χ2n) is 3.52. The maximum absolute atomic E-state index is 11.7. The van der Waals surface area contributed by atoms with Gasteiger partial charge in [0.05, 0.1) is 6.61 Å². The normalized spacial score (nSPS) is 11.1. The number of carbonyl (C=O) groups is 1. The van der Waals surface area contributed by atoms with Crippen LogP contribution >= 0.6 is 0 Å². The molecule has 0 bridgehead atoms. The summed E-state index contributed by atoms with van der Waals surface area (Å²) in [7, 11) is 0. The monoisotopic (exact) mass is 230 g/mol. The van der Waals surface area contributed by atoms with Crippen molar-refractivity contribution >= 4 is 22.8 Å².